The van der Waals surface area contributed by atoms with Crippen LogP contribution in [0.5, 0.6) is 0 Å². The highest BCUT2D eigenvalue weighted by atomic mass is 19.4. The molecule has 17 heteroatoms. The van der Waals surface area contributed by atoms with Crippen LogP contribution >= 0.6 is 0 Å². The maximum atomic E-state index is 14.2. The van der Waals surface area contributed by atoms with Crippen molar-refractivity contribution in [3.8, 4) is 0 Å². The minimum absolute atomic E-state index is 0.00656. The van der Waals surface area contributed by atoms with Crippen molar-refractivity contribution in [3.63, 3.8) is 0 Å². The van der Waals surface area contributed by atoms with Crippen molar-refractivity contribution < 1.29 is 54.6 Å². The van der Waals surface area contributed by atoms with Gasteiger partial charge < -0.3 is 29.9 Å². The summed E-state index contributed by atoms with van der Waals surface area (Å²) in [5.74, 6) is -4.88. The number of carboxylic acid groups (broad SMARTS) is 1. The molecule has 1 saturated heterocycles. The number of carboxylic acids is 1. The number of pyridine rings is 1. The number of carbonyl (C=O) groups is 2. The first-order chi connectivity index (χ1) is 24.2. The van der Waals surface area contributed by atoms with Crippen LogP contribution < -0.4 is 21.1 Å². The zero-order valence-corrected chi connectivity index (χ0v) is 28.0. The number of aliphatic carboxylic acids is 1. The standard InChI is InChI=1S/C23H23F3N2O3.C12H11F5N2O2/c1-27(2)16-8-9-19-17(13-16)21(23(24,25)26)18(22(31)28(19)3)12-15-6-4-5-14(11-15)7-10-20(29)30;13-7-3-6(4-8(14)10(7)11(18)20)19-1-2-21-5-9(19)12(15,16)17/h4-6,8-9,11,13H,7,10,12H2,1-3H3,(H,29,30);3-4,9H,1-2,5H2,(H2,18,20). The smallest absolute Gasteiger partial charge is 0.417 e. The van der Waals surface area contributed by atoms with Crippen molar-refractivity contribution in [1.82, 2.24) is 4.57 Å². The number of morpholine rings is 1. The number of ether oxygens (including phenoxy) is 1. The average molecular weight is 743 g/mol. The van der Waals surface area contributed by atoms with E-state index in [9.17, 15) is 49.5 Å². The Hall–Kier alpha value is -5.19. The predicted molar refractivity (Wildman–Crippen MR) is 177 cm³/mol. The number of nitrogens with zero attached hydrogens (tertiary/aromatic N) is 3. The van der Waals surface area contributed by atoms with Gasteiger partial charge in [0.15, 0.2) is 0 Å². The topological polar surface area (TPSA) is 118 Å². The third kappa shape index (κ3) is 8.99. The van der Waals surface area contributed by atoms with Gasteiger partial charge in [-0.1, -0.05) is 24.3 Å². The Morgan fingerprint density at radius 1 is 0.981 bits per heavy atom. The molecule has 4 aromatic rings. The number of alkyl halides is 6. The molecule has 1 fully saturated rings. The van der Waals surface area contributed by atoms with Crippen molar-refractivity contribution in [2.75, 3.05) is 43.7 Å². The van der Waals surface area contributed by atoms with Gasteiger partial charge in [0.2, 0.25) is 0 Å². The Balaban J connectivity index is 0.000000251. The van der Waals surface area contributed by atoms with Crippen LogP contribution in [-0.2, 0) is 35.6 Å². The first-order valence-corrected chi connectivity index (χ1v) is 15.6. The lowest BCUT2D eigenvalue weighted by molar-refractivity contribution is -0.167. The molecule has 3 N–H and O–H groups in total. The molecule has 0 aliphatic carbocycles. The van der Waals surface area contributed by atoms with Gasteiger partial charge >= 0.3 is 18.3 Å². The van der Waals surface area contributed by atoms with Crippen LogP contribution in [0.15, 0.2) is 59.4 Å². The highest BCUT2D eigenvalue weighted by Gasteiger charge is 2.46. The zero-order valence-electron chi connectivity index (χ0n) is 28.0. The minimum atomic E-state index is -4.72. The fourth-order valence-corrected chi connectivity index (χ4v) is 5.86. The number of carbonyl (C=O) groups excluding carboxylic acids is 1. The molecule has 0 radical (unpaired) electrons. The van der Waals surface area contributed by atoms with Crippen LogP contribution in [0, 0.1) is 11.6 Å². The van der Waals surface area contributed by atoms with Gasteiger partial charge in [-0.15, -0.1) is 0 Å². The van der Waals surface area contributed by atoms with Gasteiger partial charge in [-0.25, -0.2) is 8.78 Å². The Morgan fingerprint density at radius 3 is 2.17 bits per heavy atom. The average Bonchev–Trinajstić information content (AvgIpc) is 3.05. The van der Waals surface area contributed by atoms with Crippen LogP contribution in [0.25, 0.3) is 10.9 Å². The summed E-state index contributed by atoms with van der Waals surface area (Å²) in [7, 11) is 4.94. The van der Waals surface area contributed by atoms with Gasteiger partial charge in [-0.2, -0.15) is 26.3 Å². The van der Waals surface area contributed by atoms with Crippen LogP contribution in [0.4, 0.5) is 46.5 Å². The molecule has 0 saturated carbocycles. The summed E-state index contributed by atoms with van der Waals surface area (Å²) in [5, 5.41) is 8.83. The quantitative estimate of drug-likeness (QED) is 0.211. The number of nitrogens with two attached hydrogens (primary N) is 1. The van der Waals surface area contributed by atoms with Crippen molar-refractivity contribution in [2.45, 2.75) is 37.7 Å². The Bertz CT molecular complexity index is 2000. The van der Waals surface area contributed by atoms with Crippen LogP contribution in [0.2, 0.25) is 0 Å². The summed E-state index contributed by atoms with van der Waals surface area (Å²) >= 11 is 0. The normalized spacial score (nSPS) is 14.9. The zero-order chi connectivity index (χ0) is 38.7. The van der Waals surface area contributed by atoms with Gasteiger partial charge in [0.05, 0.1) is 24.3 Å². The summed E-state index contributed by atoms with van der Waals surface area (Å²) in [6.45, 7) is -0.823. The van der Waals surface area contributed by atoms with E-state index in [1.807, 2.05) is 0 Å². The van der Waals surface area contributed by atoms with Gasteiger partial charge in [-0.3, -0.25) is 14.4 Å². The maximum Gasteiger partial charge on any atom is 0.417 e. The molecule has 52 heavy (non-hydrogen) atoms. The molecule has 0 bridgehead atoms. The number of halogens is 8. The molecule has 1 aliphatic rings. The summed E-state index contributed by atoms with van der Waals surface area (Å²) in [5.41, 5.74) is 3.58. The monoisotopic (exact) mass is 742 g/mol. The van der Waals surface area contributed by atoms with E-state index in [-0.39, 0.29) is 54.6 Å². The van der Waals surface area contributed by atoms with E-state index < -0.39 is 65.2 Å². The Kier molecular flexibility index (Phi) is 11.9. The second-order valence-corrected chi connectivity index (χ2v) is 12.2. The van der Waals surface area contributed by atoms with Gasteiger partial charge in [0.25, 0.3) is 11.5 Å². The number of hydrogen-bond acceptors (Lipinski definition) is 6. The predicted octanol–water partition coefficient (Wildman–Crippen LogP) is 6.06. The third-order valence-electron chi connectivity index (χ3n) is 8.39. The molecule has 1 aliphatic heterocycles. The first kappa shape index (κ1) is 39.6. The molecule has 280 valence electrons. The Morgan fingerprint density at radius 2 is 1.62 bits per heavy atom. The molecule has 5 rings (SSSR count). The summed E-state index contributed by atoms with van der Waals surface area (Å²) in [4.78, 5) is 37.1. The van der Waals surface area contributed by atoms with Crippen molar-refractivity contribution >= 4 is 34.2 Å². The summed E-state index contributed by atoms with van der Waals surface area (Å²) in [6, 6.07) is 10.6. The van der Waals surface area contributed by atoms with E-state index >= 15 is 0 Å². The largest absolute Gasteiger partial charge is 0.481 e. The van der Waals surface area contributed by atoms with Gasteiger partial charge in [0, 0.05) is 62.9 Å². The van der Waals surface area contributed by atoms with E-state index in [0.29, 0.717) is 28.9 Å². The number of primary amides is 1. The fourth-order valence-electron chi connectivity index (χ4n) is 5.86. The number of fused-ring (bicyclic) bond motifs is 1. The first-order valence-electron chi connectivity index (χ1n) is 15.6. The fraction of sp³-hybridized carbons (Fsp3) is 0.343. The minimum Gasteiger partial charge on any atom is -0.481 e. The van der Waals surface area contributed by atoms with Crippen molar-refractivity contribution in [1.29, 1.82) is 0 Å². The van der Waals surface area contributed by atoms with E-state index in [0.717, 1.165) is 4.90 Å². The number of aromatic nitrogens is 1. The lowest BCUT2D eigenvalue weighted by Crippen LogP contribution is -2.53. The maximum absolute atomic E-state index is 14.2. The number of benzene rings is 3. The van der Waals surface area contributed by atoms with Gasteiger partial charge in [-0.05, 0) is 47.9 Å². The number of anilines is 2. The molecule has 1 atom stereocenters. The lowest BCUT2D eigenvalue weighted by atomic mass is 9.95. The number of hydrogen-bond donors (Lipinski definition) is 2. The molecule has 2 heterocycles. The van der Waals surface area contributed by atoms with E-state index in [4.69, 9.17) is 15.6 Å². The van der Waals surface area contributed by atoms with E-state index in [1.165, 1.54) is 23.7 Å². The molecule has 0 spiro atoms. The highest BCUT2D eigenvalue weighted by molar-refractivity contribution is 5.93. The molecular formula is C35H34F8N4O5. The van der Waals surface area contributed by atoms with E-state index in [2.05, 4.69) is 0 Å². The number of rotatable bonds is 8. The molecule has 9 nitrogen and oxygen atoms in total. The molecule has 1 amide bonds. The second-order valence-electron chi connectivity index (χ2n) is 12.2. The van der Waals surface area contributed by atoms with Crippen molar-refractivity contribution in [3.05, 3.63) is 104 Å². The number of aryl methyl sites for hydroxylation is 2. The molecule has 1 aromatic heterocycles. The van der Waals surface area contributed by atoms with Crippen molar-refractivity contribution in [2.24, 2.45) is 12.8 Å². The molecular weight excluding hydrogens is 708 g/mol. The third-order valence-corrected chi connectivity index (χ3v) is 8.39. The summed E-state index contributed by atoms with van der Waals surface area (Å²) in [6.07, 6.45) is -9.35. The SMILES string of the molecule is CN(C)c1ccc2c(c1)c(C(F)(F)F)c(Cc1cccc(CCC(=O)O)c1)c(=O)n2C.NC(=O)c1c(F)cc(N2CCOCC2C(F)(F)F)cc1F. The van der Waals surface area contributed by atoms with Crippen LogP contribution in [-0.4, -0.2) is 67.6 Å². The molecule has 1 unspecified atom stereocenters. The lowest BCUT2D eigenvalue weighted by Gasteiger charge is -2.38. The number of amides is 1. The molecule has 3 aromatic carbocycles. The second kappa shape index (κ2) is 15.6. The van der Waals surface area contributed by atoms with Crippen LogP contribution in [0.1, 0.15) is 39.0 Å². The van der Waals surface area contributed by atoms with Gasteiger partial charge in [0.1, 0.15) is 23.2 Å². The Labute approximate surface area is 291 Å². The highest BCUT2D eigenvalue weighted by Crippen LogP contribution is 2.38. The summed E-state index contributed by atoms with van der Waals surface area (Å²) < 4.78 is 115. The van der Waals surface area contributed by atoms with E-state index in [1.54, 1.807) is 49.3 Å². The van der Waals surface area contributed by atoms with Crippen LogP contribution in [0.3, 0.4) is 0 Å².